The minimum atomic E-state index is -0.632. The van der Waals surface area contributed by atoms with Gasteiger partial charge in [0, 0.05) is 37.8 Å². The Balaban J connectivity index is 1.68. The van der Waals surface area contributed by atoms with Gasteiger partial charge in [0.1, 0.15) is 17.4 Å². The van der Waals surface area contributed by atoms with Crippen molar-refractivity contribution in [1.82, 2.24) is 4.90 Å². The molecule has 0 aliphatic carbocycles. The number of rotatable bonds is 4. The molecule has 1 aliphatic rings. The maximum atomic E-state index is 14.3. The number of hydrogen-bond acceptors (Lipinski definition) is 4. The van der Waals surface area contributed by atoms with Gasteiger partial charge in [-0.25, -0.2) is 8.78 Å². The third kappa shape index (κ3) is 3.92. The molecule has 0 saturated carbocycles. The van der Waals surface area contributed by atoms with Crippen molar-refractivity contribution in [2.24, 2.45) is 0 Å². The first-order valence-corrected chi connectivity index (χ1v) is 8.59. The fraction of sp³-hybridized carbons (Fsp3) is 0.300. The van der Waals surface area contributed by atoms with Crippen LogP contribution in [-0.4, -0.2) is 49.9 Å². The predicted octanol–water partition coefficient (Wildman–Crippen LogP) is 3.14. The maximum Gasteiger partial charge on any atom is 0.256 e. The van der Waals surface area contributed by atoms with Crippen molar-refractivity contribution in [2.75, 3.05) is 38.2 Å². The number of halogens is 2. The highest BCUT2D eigenvalue weighted by molar-refractivity contribution is 5.95. The minimum absolute atomic E-state index is 0.0127. The number of ether oxygens (including phenoxy) is 1. The number of nitrogens with zero attached hydrogens (tertiary/aromatic N) is 2. The van der Waals surface area contributed by atoms with Crippen LogP contribution in [0.3, 0.4) is 0 Å². The number of ketones is 1. The average Bonchev–Trinajstić information content (AvgIpc) is 2.67. The van der Waals surface area contributed by atoms with Gasteiger partial charge < -0.3 is 14.5 Å². The van der Waals surface area contributed by atoms with E-state index in [1.807, 2.05) is 4.90 Å². The van der Waals surface area contributed by atoms with Gasteiger partial charge in [-0.1, -0.05) is 0 Å². The SMILES string of the molecule is COc1ccc(C(=O)N2CCN(c3ccc(C(C)=O)cc3F)CC2)c(F)c1. The van der Waals surface area contributed by atoms with Crippen LogP contribution in [0.25, 0.3) is 0 Å². The molecule has 1 saturated heterocycles. The summed E-state index contributed by atoms with van der Waals surface area (Å²) < 4.78 is 33.4. The molecule has 3 rings (SSSR count). The molecule has 1 heterocycles. The lowest BCUT2D eigenvalue weighted by Crippen LogP contribution is -2.49. The lowest BCUT2D eigenvalue weighted by atomic mass is 10.1. The molecule has 0 spiro atoms. The summed E-state index contributed by atoms with van der Waals surface area (Å²) in [6.45, 7) is 2.91. The molecule has 0 aromatic heterocycles. The Kier molecular flexibility index (Phi) is 5.39. The van der Waals surface area contributed by atoms with E-state index in [4.69, 9.17) is 4.74 Å². The molecular weight excluding hydrogens is 354 g/mol. The molecular formula is C20H20F2N2O3. The Morgan fingerprint density at radius 1 is 0.963 bits per heavy atom. The molecule has 0 bridgehead atoms. The zero-order chi connectivity index (χ0) is 19.6. The van der Waals surface area contributed by atoms with Gasteiger partial charge in [0.25, 0.3) is 5.91 Å². The molecule has 2 aromatic rings. The Bertz CT molecular complexity index is 878. The van der Waals surface area contributed by atoms with Crippen LogP contribution >= 0.6 is 0 Å². The van der Waals surface area contributed by atoms with Gasteiger partial charge in [-0.2, -0.15) is 0 Å². The number of amides is 1. The number of anilines is 1. The molecule has 7 heteroatoms. The number of carbonyl (C=O) groups is 2. The van der Waals surface area contributed by atoms with E-state index >= 15 is 0 Å². The summed E-state index contributed by atoms with van der Waals surface area (Å²) >= 11 is 0. The highest BCUT2D eigenvalue weighted by Crippen LogP contribution is 2.23. The van der Waals surface area contributed by atoms with Crippen LogP contribution < -0.4 is 9.64 Å². The smallest absolute Gasteiger partial charge is 0.256 e. The van der Waals surface area contributed by atoms with Gasteiger partial charge in [0.15, 0.2) is 5.78 Å². The molecule has 0 radical (unpaired) electrons. The minimum Gasteiger partial charge on any atom is -0.497 e. The summed E-state index contributed by atoms with van der Waals surface area (Å²) in [4.78, 5) is 27.3. The number of piperazine rings is 1. The van der Waals surface area contributed by atoms with Crippen LogP contribution in [0.5, 0.6) is 5.75 Å². The standard InChI is InChI=1S/C20H20F2N2O3/c1-13(25)14-3-6-19(18(22)11-14)23-7-9-24(10-8-23)20(26)16-5-4-15(27-2)12-17(16)21/h3-6,11-12H,7-10H2,1-2H3. The summed E-state index contributed by atoms with van der Waals surface area (Å²) in [5.41, 5.74) is 0.698. The van der Waals surface area contributed by atoms with Crippen molar-refractivity contribution in [3.05, 3.63) is 59.2 Å². The van der Waals surface area contributed by atoms with E-state index < -0.39 is 17.5 Å². The summed E-state index contributed by atoms with van der Waals surface area (Å²) in [5, 5.41) is 0. The molecule has 0 atom stereocenters. The second kappa shape index (κ2) is 7.73. The molecule has 142 valence electrons. The highest BCUT2D eigenvalue weighted by atomic mass is 19.1. The van der Waals surface area contributed by atoms with Crippen molar-refractivity contribution in [3.8, 4) is 5.75 Å². The van der Waals surface area contributed by atoms with Crippen molar-refractivity contribution in [1.29, 1.82) is 0 Å². The fourth-order valence-electron chi connectivity index (χ4n) is 3.10. The molecule has 1 aliphatic heterocycles. The van der Waals surface area contributed by atoms with E-state index in [0.717, 1.165) is 0 Å². The third-order valence-corrected chi connectivity index (χ3v) is 4.67. The molecule has 2 aromatic carbocycles. The van der Waals surface area contributed by atoms with Gasteiger partial charge in [-0.05, 0) is 37.3 Å². The van der Waals surface area contributed by atoms with E-state index in [2.05, 4.69) is 0 Å². The number of hydrogen-bond donors (Lipinski definition) is 0. The Morgan fingerprint density at radius 3 is 2.22 bits per heavy atom. The van der Waals surface area contributed by atoms with Crippen molar-refractivity contribution < 1.29 is 23.1 Å². The summed E-state index contributed by atoms with van der Waals surface area (Å²) in [7, 11) is 1.43. The second-order valence-electron chi connectivity index (χ2n) is 6.35. The van der Waals surface area contributed by atoms with E-state index in [1.54, 1.807) is 23.1 Å². The van der Waals surface area contributed by atoms with E-state index in [0.29, 0.717) is 43.2 Å². The largest absolute Gasteiger partial charge is 0.497 e. The summed E-state index contributed by atoms with van der Waals surface area (Å²) in [5.74, 6) is -1.35. The number of methoxy groups -OCH3 is 1. The molecule has 27 heavy (non-hydrogen) atoms. The van der Waals surface area contributed by atoms with E-state index in [9.17, 15) is 18.4 Å². The van der Waals surface area contributed by atoms with Gasteiger partial charge in [0.2, 0.25) is 0 Å². The monoisotopic (exact) mass is 374 g/mol. The van der Waals surface area contributed by atoms with Crippen LogP contribution in [0.2, 0.25) is 0 Å². The topological polar surface area (TPSA) is 49.9 Å². The van der Waals surface area contributed by atoms with Crippen molar-refractivity contribution >= 4 is 17.4 Å². The van der Waals surface area contributed by atoms with Crippen LogP contribution in [0.4, 0.5) is 14.5 Å². The fourth-order valence-corrected chi connectivity index (χ4v) is 3.10. The first-order valence-electron chi connectivity index (χ1n) is 8.59. The summed E-state index contributed by atoms with van der Waals surface area (Å²) in [6.07, 6.45) is 0. The molecule has 0 N–H and O–H groups in total. The summed E-state index contributed by atoms with van der Waals surface area (Å²) in [6, 6.07) is 8.51. The van der Waals surface area contributed by atoms with Gasteiger partial charge in [-0.15, -0.1) is 0 Å². The van der Waals surface area contributed by atoms with Crippen LogP contribution in [-0.2, 0) is 0 Å². The predicted molar refractivity (Wildman–Crippen MR) is 97.5 cm³/mol. The van der Waals surface area contributed by atoms with Crippen LogP contribution in [0.15, 0.2) is 36.4 Å². The zero-order valence-electron chi connectivity index (χ0n) is 15.2. The van der Waals surface area contributed by atoms with E-state index in [-0.39, 0.29) is 11.3 Å². The van der Waals surface area contributed by atoms with E-state index in [1.165, 1.54) is 32.2 Å². The zero-order valence-corrected chi connectivity index (χ0v) is 15.2. The van der Waals surface area contributed by atoms with Crippen molar-refractivity contribution in [3.63, 3.8) is 0 Å². The quantitative estimate of drug-likeness (QED) is 0.772. The molecule has 1 fully saturated rings. The first-order chi connectivity index (χ1) is 12.9. The molecule has 0 unspecified atom stereocenters. The second-order valence-corrected chi connectivity index (χ2v) is 6.35. The van der Waals surface area contributed by atoms with Gasteiger partial charge in [-0.3, -0.25) is 9.59 Å². The maximum absolute atomic E-state index is 14.3. The Labute approximate surface area is 156 Å². The molecule has 1 amide bonds. The average molecular weight is 374 g/mol. The molecule has 5 nitrogen and oxygen atoms in total. The van der Waals surface area contributed by atoms with Gasteiger partial charge >= 0.3 is 0 Å². The van der Waals surface area contributed by atoms with Crippen molar-refractivity contribution in [2.45, 2.75) is 6.92 Å². The number of Topliss-reactive ketones (excluding diaryl/α,β-unsaturated/α-hetero) is 1. The van der Waals surface area contributed by atoms with Crippen LogP contribution in [0.1, 0.15) is 27.6 Å². The van der Waals surface area contributed by atoms with Gasteiger partial charge in [0.05, 0.1) is 18.4 Å². The first kappa shape index (κ1) is 18.8. The Hall–Kier alpha value is -2.96. The normalized spacial score (nSPS) is 14.2. The lowest BCUT2D eigenvalue weighted by Gasteiger charge is -2.36. The van der Waals surface area contributed by atoms with Crippen LogP contribution in [0, 0.1) is 11.6 Å². The number of benzene rings is 2. The third-order valence-electron chi connectivity index (χ3n) is 4.67. The Morgan fingerprint density at radius 2 is 1.67 bits per heavy atom. The lowest BCUT2D eigenvalue weighted by molar-refractivity contribution is 0.0741. The highest BCUT2D eigenvalue weighted by Gasteiger charge is 2.25. The number of carbonyl (C=O) groups excluding carboxylic acids is 2.